The first-order chi connectivity index (χ1) is 12.6. The highest BCUT2D eigenvalue weighted by atomic mass is 35.5. The molecule has 3 rings (SSSR count). The summed E-state index contributed by atoms with van der Waals surface area (Å²) in [6.45, 7) is 4.03. The van der Waals surface area contributed by atoms with Crippen LogP contribution in [0.25, 0.3) is 0 Å². The highest BCUT2D eigenvalue weighted by Crippen LogP contribution is 2.28. The molecule has 2 aromatic rings. The van der Waals surface area contributed by atoms with Crippen LogP contribution in [0.1, 0.15) is 19.3 Å². The molecule has 0 bridgehead atoms. The Labute approximate surface area is 169 Å². The fraction of sp³-hybridized carbons (Fsp3) is 0.421. The fourth-order valence-corrected chi connectivity index (χ4v) is 3.47. The lowest BCUT2D eigenvalue weighted by Gasteiger charge is -2.32. The molecule has 7 heteroatoms. The highest BCUT2D eigenvalue weighted by Gasteiger charge is 2.20. The molecule has 26 heavy (non-hydrogen) atoms. The summed E-state index contributed by atoms with van der Waals surface area (Å²) >= 11 is 17.9. The molecule has 2 heterocycles. The van der Waals surface area contributed by atoms with E-state index in [2.05, 4.69) is 15.2 Å². The second-order valence-electron chi connectivity index (χ2n) is 6.36. The lowest BCUT2D eigenvalue weighted by molar-refractivity contribution is 0.100. The van der Waals surface area contributed by atoms with Crippen molar-refractivity contribution < 1.29 is 4.74 Å². The van der Waals surface area contributed by atoms with Crippen LogP contribution in [-0.4, -0.2) is 42.2 Å². The normalized spacial score (nSPS) is 15.8. The Balaban J connectivity index is 1.34. The summed E-state index contributed by atoms with van der Waals surface area (Å²) in [6, 6.07) is 11.0. The van der Waals surface area contributed by atoms with E-state index >= 15 is 0 Å². The second-order valence-corrected chi connectivity index (χ2v) is 7.56. The number of likely N-dealkylation sites (tertiary alicyclic amines) is 1. The smallest absolute Gasteiger partial charge is 0.131 e. The quantitative estimate of drug-likeness (QED) is 0.487. The zero-order valence-electron chi connectivity index (χ0n) is 14.4. The van der Waals surface area contributed by atoms with Gasteiger partial charge < -0.3 is 15.0 Å². The monoisotopic (exact) mass is 413 g/mol. The van der Waals surface area contributed by atoms with Crippen LogP contribution < -0.4 is 10.1 Å². The molecule has 0 aliphatic carbocycles. The molecular weight excluding hydrogens is 393 g/mol. The van der Waals surface area contributed by atoms with Gasteiger partial charge in [0, 0.05) is 25.7 Å². The van der Waals surface area contributed by atoms with Gasteiger partial charge in [0.25, 0.3) is 0 Å². The lowest BCUT2D eigenvalue weighted by Crippen LogP contribution is -2.39. The number of hydrogen-bond donors (Lipinski definition) is 1. The van der Waals surface area contributed by atoms with Crippen molar-refractivity contribution in [3.63, 3.8) is 0 Å². The lowest BCUT2D eigenvalue weighted by atomic mass is 10.1. The van der Waals surface area contributed by atoms with Crippen LogP contribution in [0.2, 0.25) is 15.2 Å². The fourth-order valence-electron chi connectivity index (χ4n) is 3.02. The Hall–Kier alpha value is -1.20. The summed E-state index contributed by atoms with van der Waals surface area (Å²) in [4.78, 5) is 6.70. The molecule has 1 saturated heterocycles. The Bertz CT molecular complexity index is 721. The van der Waals surface area contributed by atoms with Gasteiger partial charge in [-0.05, 0) is 50.1 Å². The number of nitrogens with one attached hydrogen (secondary N) is 1. The molecule has 140 valence electrons. The summed E-state index contributed by atoms with van der Waals surface area (Å²) < 4.78 is 6.03. The molecule has 0 atom stereocenters. The number of hydrogen-bond acceptors (Lipinski definition) is 4. The van der Waals surface area contributed by atoms with Gasteiger partial charge in [-0.3, -0.25) is 0 Å². The third-order valence-corrected chi connectivity index (χ3v) is 5.35. The summed E-state index contributed by atoms with van der Waals surface area (Å²) in [7, 11) is 0. The molecule has 1 aliphatic rings. The van der Waals surface area contributed by atoms with Crippen LogP contribution in [0.15, 0.2) is 36.4 Å². The van der Waals surface area contributed by atoms with Crippen LogP contribution in [0.4, 0.5) is 5.82 Å². The molecule has 1 aliphatic heterocycles. The van der Waals surface area contributed by atoms with Crippen LogP contribution in [0, 0.1) is 0 Å². The molecule has 0 radical (unpaired) electrons. The van der Waals surface area contributed by atoms with Gasteiger partial charge in [-0.2, -0.15) is 0 Å². The van der Waals surface area contributed by atoms with Gasteiger partial charge in [0.1, 0.15) is 22.8 Å². The zero-order chi connectivity index (χ0) is 18.4. The minimum absolute atomic E-state index is 0.234. The molecule has 1 aromatic heterocycles. The number of aromatic nitrogens is 1. The van der Waals surface area contributed by atoms with Crippen molar-refractivity contribution in [2.24, 2.45) is 0 Å². The van der Waals surface area contributed by atoms with E-state index in [1.54, 1.807) is 18.2 Å². The average molecular weight is 415 g/mol. The standard InChI is InChI=1S/C19H22Cl3N3O/c20-16-6-5-15(13-17(16)21)26-14-7-11-25(12-8-14)10-2-9-23-19-4-1-3-18(22)24-19/h1,3-6,13-14H,2,7-12H2,(H,23,24). The third-order valence-electron chi connectivity index (χ3n) is 4.40. The number of halogens is 3. The highest BCUT2D eigenvalue weighted by molar-refractivity contribution is 6.42. The summed E-state index contributed by atoms with van der Waals surface area (Å²) in [6.07, 6.45) is 3.33. The van der Waals surface area contributed by atoms with E-state index in [-0.39, 0.29) is 6.10 Å². The first kappa shape index (κ1) is 19.6. The maximum Gasteiger partial charge on any atom is 0.131 e. The van der Waals surface area contributed by atoms with Gasteiger partial charge in [0.05, 0.1) is 10.0 Å². The number of benzene rings is 1. The van der Waals surface area contributed by atoms with Gasteiger partial charge in [0.15, 0.2) is 0 Å². The number of nitrogens with zero attached hydrogens (tertiary/aromatic N) is 2. The van der Waals surface area contributed by atoms with Crippen molar-refractivity contribution in [3.8, 4) is 5.75 Å². The molecule has 0 amide bonds. The topological polar surface area (TPSA) is 37.4 Å². The molecule has 0 unspecified atom stereocenters. The molecule has 0 saturated carbocycles. The van der Waals surface area contributed by atoms with Gasteiger partial charge in [-0.25, -0.2) is 4.98 Å². The van der Waals surface area contributed by atoms with Crippen molar-refractivity contribution >= 4 is 40.6 Å². The maximum absolute atomic E-state index is 6.04. The van der Waals surface area contributed by atoms with Crippen LogP contribution in [-0.2, 0) is 0 Å². The van der Waals surface area contributed by atoms with Crippen molar-refractivity contribution in [2.45, 2.75) is 25.4 Å². The minimum atomic E-state index is 0.234. The molecular formula is C19H22Cl3N3O. The Morgan fingerprint density at radius 2 is 1.88 bits per heavy atom. The number of anilines is 1. The SMILES string of the molecule is Clc1cccc(NCCCN2CCC(Oc3ccc(Cl)c(Cl)c3)CC2)n1. The second kappa shape index (κ2) is 9.65. The molecule has 1 aromatic carbocycles. The van der Waals surface area contributed by atoms with Crippen molar-refractivity contribution in [1.29, 1.82) is 0 Å². The van der Waals surface area contributed by atoms with Crippen molar-refractivity contribution in [1.82, 2.24) is 9.88 Å². The van der Waals surface area contributed by atoms with Crippen LogP contribution in [0.3, 0.4) is 0 Å². The van der Waals surface area contributed by atoms with E-state index < -0.39 is 0 Å². The molecule has 1 N–H and O–H groups in total. The largest absolute Gasteiger partial charge is 0.490 e. The number of piperidine rings is 1. The van der Waals surface area contributed by atoms with Gasteiger partial charge in [-0.1, -0.05) is 40.9 Å². The van der Waals surface area contributed by atoms with E-state index in [1.165, 1.54) is 0 Å². The molecule has 0 spiro atoms. The third kappa shape index (κ3) is 5.92. The number of pyridine rings is 1. The van der Waals surface area contributed by atoms with E-state index in [0.717, 1.165) is 57.0 Å². The van der Waals surface area contributed by atoms with E-state index in [9.17, 15) is 0 Å². The Kier molecular flexibility index (Phi) is 7.26. The van der Waals surface area contributed by atoms with Gasteiger partial charge >= 0.3 is 0 Å². The zero-order valence-corrected chi connectivity index (χ0v) is 16.7. The molecule has 4 nitrogen and oxygen atoms in total. The maximum atomic E-state index is 6.04. The number of ether oxygens (including phenoxy) is 1. The average Bonchev–Trinajstić information content (AvgIpc) is 2.63. The van der Waals surface area contributed by atoms with Gasteiger partial charge in [-0.15, -0.1) is 0 Å². The predicted molar refractivity (Wildman–Crippen MR) is 109 cm³/mol. The molecule has 1 fully saturated rings. The number of rotatable bonds is 7. The summed E-state index contributed by atoms with van der Waals surface area (Å²) in [5.74, 6) is 1.61. The van der Waals surface area contributed by atoms with Crippen molar-refractivity contribution in [3.05, 3.63) is 51.6 Å². The van der Waals surface area contributed by atoms with E-state index in [1.807, 2.05) is 18.2 Å². The first-order valence-electron chi connectivity index (χ1n) is 8.80. The van der Waals surface area contributed by atoms with Gasteiger partial charge in [0.2, 0.25) is 0 Å². The summed E-state index contributed by atoms with van der Waals surface area (Å²) in [5.41, 5.74) is 0. The van der Waals surface area contributed by atoms with Crippen molar-refractivity contribution in [2.75, 3.05) is 31.5 Å². The minimum Gasteiger partial charge on any atom is -0.490 e. The Morgan fingerprint density at radius 3 is 2.62 bits per heavy atom. The summed E-state index contributed by atoms with van der Waals surface area (Å²) in [5, 5.41) is 4.90. The first-order valence-corrected chi connectivity index (χ1v) is 9.94. The Morgan fingerprint density at radius 1 is 1.08 bits per heavy atom. The van der Waals surface area contributed by atoms with E-state index in [0.29, 0.717) is 15.2 Å². The van der Waals surface area contributed by atoms with Crippen LogP contribution >= 0.6 is 34.8 Å². The predicted octanol–water partition coefficient (Wildman–Crippen LogP) is 5.39. The van der Waals surface area contributed by atoms with E-state index in [4.69, 9.17) is 39.5 Å². The van der Waals surface area contributed by atoms with Crippen LogP contribution in [0.5, 0.6) is 5.75 Å².